The Kier molecular flexibility index (Phi) is 6.49. The van der Waals surface area contributed by atoms with Crippen molar-refractivity contribution in [3.63, 3.8) is 0 Å². The number of alkyl halides is 3. The highest BCUT2D eigenvalue weighted by molar-refractivity contribution is 6.30. The summed E-state index contributed by atoms with van der Waals surface area (Å²) in [5, 5.41) is 22.0. The highest BCUT2D eigenvalue weighted by Gasteiger charge is 2.36. The van der Waals surface area contributed by atoms with E-state index >= 15 is 0 Å². The molecule has 0 bridgehead atoms. The fourth-order valence-electron chi connectivity index (χ4n) is 1.86. The number of aliphatic hydroxyl groups is 2. The normalized spacial score (nSPS) is 14.9. The van der Waals surface area contributed by atoms with Crippen molar-refractivity contribution < 1.29 is 32.9 Å². The van der Waals surface area contributed by atoms with Gasteiger partial charge in [0.1, 0.15) is 17.8 Å². The van der Waals surface area contributed by atoms with Crippen molar-refractivity contribution in [1.29, 1.82) is 0 Å². The van der Waals surface area contributed by atoms with Crippen LogP contribution in [0.25, 0.3) is 0 Å². The number of aliphatic hydroxyl groups excluding tert-OH is 2. The minimum absolute atomic E-state index is 0.0237. The van der Waals surface area contributed by atoms with Gasteiger partial charge in [-0.15, -0.1) is 0 Å². The molecule has 0 aliphatic carbocycles. The summed E-state index contributed by atoms with van der Waals surface area (Å²) in [5.41, 5.74) is -2.46. The molecular weight excluding hydrogens is 351 g/mol. The number of benzene rings is 1. The monoisotopic (exact) mass is 369 g/mol. The molecule has 136 valence electrons. The Labute approximate surface area is 142 Å². The van der Waals surface area contributed by atoms with Gasteiger partial charge >= 0.3 is 12.3 Å². The number of halogens is 4. The third-order valence-electron chi connectivity index (χ3n) is 2.86. The number of hydrogen-bond acceptors (Lipinski definition) is 4. The van der Waals surface area contributed by atoms with Crippen LogP contribution < -0.4 is 5.32 Å². The van der Waals surface area contributed by atoms with E-state index < -0.39 is 47.8 Å². The standard InChI is InChI=1S/C15H19ClF3NO4/c1-14(2,3)24-13(23)20-7-11(21)12(22)9-6-8(16)4-5-10(9)15(17,18)19/h4-6,11-12,21-22H,7H2,1-3H3,(H,20,23). The summed E-state index contributed by atoms with van der Waals surface area (Å²) >= 11 is 5.67. The molecule has 1 aromatic rings. The number of carbonyl (C=O) groups is 1. The fourth-order valence-corrected chi connectivity index (χ4v) is 2.04. The van der Waals surface area contributed by atoms with E-state index in [1.165, 1.54) is 0 Å². The fraction of sp³-hybridized carbons (Fsp3) is 0.533. The molecule has 24 heavy (non-hydrogen) atoms. The Morgan fingerprint density at radius 2 is 1.88 bits per heavy atom. The van der Waals surface area contributed by atoms with Crippen LogP contribution >= 0.6 is 11.6 Å². The molecular formula is C15H19ClF3NO4. The number of alkyl carbamates (subject to hydrolysis) is 1. The summed E-state index contributed by atoms with van der Waals surface area (Å²) in [6.07, 6.45) is -9.16. The van der Waals surface area contributed by atoms with E-state index in [-0.39, 0.29) is 5.02 Å². The molecule has 0 radical (unpaired) electrons. The third-order valence-corrected chi connectivity index (χ3v) is 3.09. The Morgan fingerprint density at radius 1 is 1.29 bits per heavy atom. The largest absolute Gasteiger partial charge is 0.444 e. The molecule has 0 saturated heterocycles. The lowest BCUT2D eigenvalue weighted by atomic mass is 9.98. The van der Waals surface area contributed by atoms with Crippen LogP contribution in [0.2, 0.25) is 5.02 Å². The van der Waals surface area contributed by atoms with E-state index in [2.05, 4.69) is 5.32 Å². The Balaban J connectivity index is 2.85. The predicted octanol–water partition coefficient (Wildman–Crippen LogP) is 3.28. The van der Waals surface area contributed by atoms with Gasteiger partial charge in [-0.2, -0.15) is 13.2 Å². The zero-order chi connectivity index (χ0) is 18.7. The molecule has 0 aromatic heterocycles. The van der Waals surface area contributed by atoms with Gasteiger partial charge in [0.15, 0.2) is 0 Å². The van der Waals surface area contributed by atoms with E-state index in [0.29, 0.717) is 0 Å². The quantitative estimate of drug-likeness (QED) is 0.761. The van der Waals surface area contributed by atoms with Crippen LogP contribution in [0.1, 0.15) is 38.0 Å². The van der Waals surface area contributed by atoms with Crippen LogP contribution in [-0.2, 0) is 10.9 Å². The SMILES string of the molecule is CC(C)(C)OC(=O)NCC(O)C(O)c1cc(Cl)ccc1C(F)(F)F. The number of hydrogen-bond donors (Lipinski definition) is 3. The van der Waals surface area contributed by atoms with Gasteiger partial charge < -0.3 is 20.3 Å². The van der Waals surface area contributed by atoms with Gasteiger partial charge in [0, 0.05) is 11.6 Å². The van der Waals surface area contributed by atoms with Crippen molar-refractivity contribution in [2.24, 2.45) is 0 Å². The number of carbonyl (C=O) groups excluding carboxylic acids is 1. The van der Waals surface area contributed by atoms with E-state index in [9.17, 15) is 28.2 Å². The second-order valence-corrected chi connectivity index (χ2v) is 6.56. The van der Waals surface area contributed by atoms with Gasteiger partial charge in [0.05, 0.1) is 5.56 Å². The van der Waals surface area contributed by atoms with E-state index in [4.69, 9.17) is 16.3 Å². The molecule has 1 aromatic carbocycles. The van der Waals surface area contributed by atoms with E-state index in [0.717, 1.165) is 18.2 Å². The maximum atomic E-state index is 13.0. The maximum absolute atomic E-state index is 13.0. The van der Waals surface area contributed by atoms with Crippen molar-refractivity contribution in [1.82, 2.24) is 5.32 Å². The van der Waals surface area contributed by atoms with Crippen molar-refractivity contribution in [2.75, 3.05) is 6.54 Å². The van der Waals surface area contributed by atoms with Gasteiger partial charge in [0.2, 0.25) is 0 Å². The summed E-state index contributed by atoms with van der Waals surface area (Å²) in [4.78, 5) is 11.5. The van der Waals surface area contributed by atoms with Crippen LogP contribution in [0.5, 0.6) is 0 Å². The van der Waals surface area contributed by atoms with Gasteiger partial charge in [-0.1, -0.05) is 11.6 Å². The topological polar surface area (TPSA) is 78.8 Å². The molecule has 0 saturated carbocycles. The van der Waals surface area contributed by atoms with Crippen LogP contribution in [0.3, 0.4) is 0 Å². The van der Waals surface area contributed by atoms with Gasteiger partial charge in [0.25, 0.3) is 0 Å². The van der Waals surface area contributed by atoms with E-state index in [1.54, 1.807) is 20.8 Å². The summed E-state index contributed by atoms with van der Waals surface area (Å²) in [6, 6.07) is 2.67. The summed E-state index contributed by atoms with van der Waals surface area (Å²) in [7, 11) is 0. The molecule has 0 heterocycles. The molecule has 0 fully saturated rings. The lowest BCUT2D eigenvalue weighted by Gasteiger charge is -2.24. The number of rotatable bonds is 4. The minimum atomic E-state index is -4.72. The first-order valence-electron chi connectivity index (χ1n) is 7.01. The lowest BCUT2D eigenvalue weighted by molar-refractivity contribution is -0.139. The van der Waals surface area contributed by atoms with Gasteiger partial charge in [-0.05, 0) is 44.5 Å². The van der Waals surface area contributed by atoms with Crippen molar-refractivity contribution in [3.05, 3.63) is 34.3 Å². The summed E-state index contributed by atoms with van der Waals surface area (Å²) < 4.78 is 43.9. The summed E-state index contributed by atoms with van der Waals surface area (Å²) in [5.74, 6) is 0. The average Bonchev–Trinajstić information content (AvgIpc) is 2.40. The van der Waals surface area contributed by atoms with E-state index in [1.807, 2.05) is 0 Å². The first-order valence-corrected chi connectivity index (χ1v) is 7.38. The molecule has 3 N–H and O–H groups in total. The zero-order valence-electron chi connectivity index (χ0n) is 13.3. The molecule has 0 aliphatic rings. The number of nitrogens with one attached hydrogen (secondary N) is 1. The first kappa shape index (κ1) is 20.5. The highest BCUT2D eigenvalue weighted by atomic mass is 35.5. The Morgan fingerprint density at radius 3 is 2.38 bits per heavy atom. The smallest absolute Gasteiger partial charge is 0.416 e. The number of ether oxygens (including phenoxy) is 1. The molecule has 9 heteroatoms. The molecule has 1 amide bonds. The van der Waals surface area contributed by atoms with Crippen LogP contribution in [0, 0.1) is 0 Å². The van der Waals surface area contributed by atoms with Crippen molar-refractivity contribution in [2.45, 2.75) is 44.8 Å². The van der Waals surface area contributed by atoms with Crippen LogP contribution in [0.15, 0.2) is 18.2 Å². The van der Waals surface area contributed by atoms with Gasteiger partial charge in [-0.25, -0.2) is 4.79 Å². The predicted molar refractivity (Wildman–Crippen MR) is 81.7 cm³/mol. The molecule has 2 atom stereocenters. The maximum Gasteiger partial charge on any atom is 0.416 e. The molecule has 5 nitrogen and oxygen atoms in total. The number of amides is 1. The Hall–Kier alpha value is -1.51. The van der Waals surface area contributed by atoms with Crippen LogP contribution in [0.4, 0.5) is 18.0 Å². The first-order chi connectivity index (χ1) is 10.8. The molecule has 0 spiro atoms. The van der Waals surface area contributed by atoms with Crippen molar-refractivity contribution >= 4 is 17.7 Å². The Bertz CT molecular complexity index is 587. The minimum Gasteiger partial charge on any atom is -0.444 e. The second-order valence-electron chi connectivity index (χ2n) is 6.12. The van der Waals surface area contributed by atoms with Gasteiger partial charge in [-0.3, -0.25) is 0 Å². The molecule has 0 aliphatic heterocycles. The lowest BCUT2D eigenvalue weighted by Crippen LogP contribution is -2.39. The second kappa shape index (κ2) is 7.58. The zero-order valence-corrected chi connectivity index (χ0v) is 14.1. The van der Waals surface area contributed by atoms with Crippen LogP contribution in [-0.4, -0.2) is 34.6 Å². The van der Waals surface area contributed by atoms with Crippen molar-refractivity contribution in [3.8, 4) is 0 Å². The molecule has 2 unspecified atom stereocenters. The summed E-state index contributed by atoms with van der Waals surface area (Å²) in [6.45, 7) is 4.37. The third kappa shape index (κ3) is 6.18. The average molecular weight is 370 g/mol. The highest BCUT2D eigenvalue weighted by Crippen LogP contribution is 2.36. The molecule has 1 rings (SSSR count).